The van der Waals surface area contributed by atoms with E-state index in [1.165, 1.54) is 0 Å². The summed E-state index contributed by atoms with van der Waals surface area (Å²) >= 11 is 1.57. The Kier molecular flexibility index (Phi) is 3.96. The number of carbonyl (C=O) groups is 2. The zero-order chi connectivity index (χ0) is 19.3. The summed E-state index contributed by atoms with van der Waals surface area (Å²) < 4.78 is 0. The van der Waals surface area contributed by atoms with Crippen LogP contribution in [0.2, 0.25) is 0 Å². The molecule has 2 heterocycles. The van der Waals surface area contributed by atoms with E-state index in [0.717, 1.165) is 10.4 Å². The van der Waals surface area contributed by atoms with Crippen molar-refractivity contribution in [3.8, 4) is 0 Å². The van der Waals surface area contributed by atoms with E-state index < -0.39 is 17.4 Å². The Morgan fingerprint density at radius 1 is 1.04 bits per heavy atom. The van der Waals surface area contributed by atoms with Gasteiger partial charge in [0.25, 0.3) is 5.91 Å². The van der Waals surface area contributed by atoms with Crippen LogP contribution in [0, 0.1) is 5.92 Å². The molecule has 5 rings (SSSR count). The first-order valence-corrected chi connectivity index (χ1v) is 10.3. The smallest absolute Gasteiger partial charge is 0.264 e. The van der Waals surface area contributed by atoms with Crippen LogP contribution >= 0.6 is 11.3 Å². The number of fused-ring (bicyclic) bond motifs is 2. The summed E-state index contributed by atoms with van der Waals surface area (Å²) in [5.41, 5.74) is 1.01. The second-order valence-corrected chi connectivity index (χ2v) is 8.40. The van der Waals surface area contributed by atoms with Crippen LogP contribution in [0.1, 0.15) is 32.8 Å². The van der Waals surface area contributed by atoms with E-state index in [-0.39, 0.29) is 5.78 Å². The third kappa shape index (κ3) is 2.40. The van der Waals surface area contributed by atoms with Crippen molar-refractivity contribution < 1.29 is 14.7 Å². The number of anilines is 1. The molecule has 1 N–H and O–H groups in total. The van der Waals surface area contributed by atoms with Crippen molar-refractivity contribution in [1.29, 1.82) is 0 Å². The van der Waals surface area contributed by atoms with E-state index in [0.29, 0.717) is 36.2 Å². The van der Waals surface area contributed by atoms with Gasteiger partial charge < -0.3 is 10.0 Å². The second-order valence-electron chi connectivity index (χ2n) is 7.37. The molecule has 2 aliphatic rings. The molecule has 0 saturated carbocycles. The van der Waals surface area contributed by atoms with Gasteiger partial charge >= 0.3 is 0 Å². The molecule has 4 nitrogen and oxygen atoms in total. The van der Waals surface area contributed by atoms with Crippen LogP contribution in [0.3, 0.4) is 0 Å². The second kappa shape index (κ2) is 6.40. The first-order chi connectivity index (χ1) is 13.6. The first kappa shape index (κ1) is 17.3. The highest BCUT2D eigenvalue weighted by atomic mass is 32.1. The largest absolute Gasteiger partial charge is 0.375 e. The van der Waals surface area contributed by atoms with E-state index in [9.17, 15) is 14.7 Å². The third-order valence-electron chi connectivity index (χ3n) is 5.88. The van der Waals surface area contributed by atoms with Gasteiger partial charge in [0.1, 0.15) is 0 Å². The number of benzene rings is 2. The number of amides is 1. The maximum Gasteiger partial charge on any atom is 0.264 e. The average molecular weight is 389 g/mol. The van der Waals surface area contributed by atoms with Crippen molar-refractivity contribution in [2.75, 3.05) is 4.90 Å². The van der Waals surface area contributed by atoms with Gasteiger partial charge in [0.2, 0.25) is 0 Å². The lowest BCUT2D eigenvalue weighted by Crippen LogP contribution is -2.49. The lowest BCUT2D eigenvalue weighted by molar-refractivity contribution is -0.140. The molecule has 0 fully saturated rings. The number of ketones is 1. The molecule has 2 unspecified atom stereocenters. The maximum atomic E-state index is 13.5. The van der Waals surface area contributed by atoms with Gasteiger partial charge in [0, 0.05) is 16.0 Å². The Hall–Kier alpha value is -2.76. The van der Waals surface area contributed by atoms with Crippen LogP contribution in [-0.2, 0) is 23.4 Å². The molecule has 3 aromatic rings. The van der Waals surface area contributed by atoms with Crippen LogP contribution in [0.15, 0.2) is 66.0 Å². The Morgan fingerprint density at radius 3 is 2.64 bits per heavy atom. The fourth-order valence-electron chi connectivity index (χ4n) is 4.51. The highest BCUT2D eigenvalue weighted by Gasteiger charge is 2.57. The van der Waals surface area contributed by atoms with E-state index in [1.54, 1.807) is 28.4 Å². The SMILES string of the molecule is O=C1c2ccccc2CCC1C1(O)C(=O)N(Cc2cccs2)c2ccccc21. The Morgan fingerprint density at radius 2 is 1.82 bits per heavy atom. The number of para-hydroxylation sites is 1. The van der Waals surface area contributed by atoms with E-state index in [4.69, 9.17) is 0 Å². The number of hydrogen-bond acceptors (Lipinski definition) is 4. The van der Waals surface area contributed by atoms with Crippen molar-refractivity contribution in [2.24, 2.45) is 5.92 Å². The highest BCUT2D eigenvalue weighted by molar-refractivity contribution is 7.09. The maximum absolute atomic E-state index is 13.5. The van der Waals surface area contributed by atoms with Gasteiger partial charge in [-0.15, -0.1) is 11.3 Å². The minimum atomic E-state index is -1.82. The summed E-state index contributed by atoms with van der Waals surface area (Å²) in [6.07, 6.45) is 1.13. The Balaban J connectivity index is 1.59. The van der Waals surface area contributed by atoms with Crippen LogP contribution in [-0.4, -0.2) is 16.8 Å². The van der Waals surface area contributed by atoms with Crippen LogP contribution in [0.5, 0.6) is 0 Å². The molecule has 1 aromatic heterocycles. The molecule has 1 aliphatic heterocycles. The minimum Gasteiger partial charge on any atom is -0.375 e. The zero-order valence-electron chi connectivity index (χ0n) is 15.2. The summed E-state index contributed by atoms with van der Waals surface area (Å²) in [4.78, 5) is 29.4. The monoisotopic (exact) mass is 389 g/mol. The summed E-state index contributed by atoms with van der Waals surface area (Å²) in [5, 5.41) is 13.7. The number of thiophene rings is 1. The predicted octanol–water partition coefficient (Wildman–Crippen LogP) is 3.93. The molecule has 0 saturated heterocycles. The zero-order valence-corrected chi connectivity index (χ0v) is 16.0. The molecule has 0 bridgehead atoms. The number of carbonyl (C=O) groups excluding carboxylic acids is 2. The predicted molar refractivity (Wildman–Crippen MR) is 108 cm³/mol. The highest BCUT2D eigenvalue weighted by Crippen LogP contribution is 2.48. The molecule has 1 aliphatic carbocycles. The molecule has 2 atom stereocenters. The summed E-state index contributed by atoms with van der Waals surface area (Å²) in [6.45, 7) is 0.396. The van der Waals surface area contributed by atoms with E-state index >= 15 is 0 Å². The average Bonchev–Trinajstić information content (AvgIpc) is 3.31. The van der Waals surface area contributed by atoms with Gasteiger partial charge in [0.05, 0.1) is 18.2 Å². The topological polar surface area (TPSA) is 57.6 Å². The third-order valence-corrected chi connectivity index (χ3v) is 6.74. The van der Waals surface area contributed by atoms with Gasteiger partial charge in [-0.2, -0.15) is 0 Å². The molecule has 0 radical (unpaired) electrons. The molecule has 0 spiro atoms. The Labute approximate surface area is 167 Å². The fraction of sp³-hybridized carbons (Fsp3) is 0.217. The molecule has 2 aromatic carbocycles. The van der Waals surface area contributed by atoms with Gasteiger partial charge in [-0.3, -0.25) is 9.59 Å². The van der Waals surface area contributed by atoms with E-state index in [2.05, 4.69) is 0 Å². The van der Waals surface area contributed by atoms with Crippen molar-refractivity contribution in [3.63, 3.8) is 0 Å². The van der Waals surface area contributed by atoms with Crippen molar-refractivity contribution in [1.82, 2.24) is 0 Å². The lowest BCUT2D eigenvalue weighted by Gasteiger charge is -2.34. The molecular formula is C23H19NO3S. The molecule has 28 heavy (non-hydrogen) atoms. The molecule has 5 heteroatoms. The standard InChI is InChI=1S/C23H19NO3S/c25-21-17-8-2-1-6-15(17)11-12-19(21)23(27)18-9-3-4-10-20(18)24(22(23)26)14-16-7-5-13-28-16/h1-10,13,19,27H,11-12,14H2. The summed E-state index contributed by atoms with van der Waals surface area (Å²) in [5.74, 6) is -1.32. The van der Waals surface area contributed by atoms with Crippen LogP contribution in [0.4, 0.5) is 5.69 Å². The van der Waals surface area contributed by atoms with Gasteiger partial charge in [-0.1, -0.05) is 48.5 Å². The summed E-state index contributed by atoms with van der Waals surface area (Å²) in [6, 6.07) is 18.7. The quantitative estimate of drug-likeness (QED) is 0.738. The number of hydrogen-bond donors (Lipinski definition) is 1. The van der Waals surface area contributed by atoms with Gasteiger partial charge in [-0.25, -0.2) is 0 Å². The van der Waals surface area contributed by atoms with Crippen LogP contribution in [0.25, 0.3) is 0 Å². The normalized spacial score (nSPS) is 23.6. The van der Waals surface area contributed by atoms with Crippen LogP contribution < -0.4 is 4.90 Å². The van der Waals surface area contributed by atoms with Gasteiger partial charge in [-0.05, 0) is 35.9 Å². The van der Waals surface area contributed by atoms with Crippen molar-refractivity contribution in [2.45, 2.75) is 25.0 Å². The summed E-state index contributed by atoms with van der Waals surface area (Å²) in [7, 11) is 0. The fourth-order valence-corrected chi connectivity index (χ4v) is 5.20. The number of aryl methyl sites for hydroxylation is 1. The molecule has 1 amide bonds. The Bertz CT molecular complexity index is 1070. The minimum absolute atomic E-state index is 0.148. The van der Waals surface area contributed by atoms with E-state index in [1.807, 2.05) is 53.9 Å². The van der Waals surface area contributed by atoms with Gasteiger partial charge in [0.15, 0.2) is 11.4 Å². The number of rotatable bonds is 3. The number of Topliss-reactive ketones (excluding diaryl/α,β-unsaturated/α-hetero) is 1. The van der Waals surface area contributed by atoms with Crippen molar-refractivity contribution in [3.05, 3.63) is 87.6 Å². The van der Waals surface area contributed by atoms with Crippen molar-refractivity contribution >= 4 is 28.7 Å². The molecular weight excluding hydrogens is 370 g/mol. The lowest BCUT2D eigenvalue weighted by atomic mass is 9.71. The number of nitrogens with zero attached hydrogens (tertiary/aromatic N) is 1. The molecule has 140 valence electrons. The first-order valence-electron chi connectivity index (χ1n) is 9.39. The number of aliphatic hydroxyl groups is 1.